The zero-order chi connectivity index (χ0) is 21.5. The monoisotopic (exact) mass is 416 g/mol. The van der Waals surface area contributed by atoms with E-state index in [4.69, 9.17) is 28.8 Å². The lowest BCUT2D eigenvalue weighted by atomic mass is 9.96. The molecule has 6 heteroatoms. The van der Waals surface area contributed by atoms with Crippen LogP contribution in [0.3, 0.4) is 0 Å². The van der Waals surface area contributed by atoms with Gasteiger partial charge in [0.25, 0.3) is 0 Å². The van der Waals surface area contributed by atoms with E-state index in [9.17, 15) is 0 Å². The molecule has 0 amide bonds. The third-order valence-electron chi connectivity index (χ3n) is 5.85. The van der Waals surface area contributed by atoms with Gasteiger partial charge in [0.2, 0.25) is 11.5 Å². The fraction of sp³-hybridized carbons (Fsp3) is 0.500. The summed E-state index contributed by atoms with van der Waals surface area (Å²) in [5.74, 6) is 4.03. The largest absolute Gasteiger partial charge is 0.494 e. The molecule has 2 aromatic carbocycles. The van der Waals surface area contributed by atoms with Gasteiger partial charge in [-0.3, -0.25) is 0 Å². The van der Waals surface area contributed by atoms with Crippen molar-refractivity contribution < 1.29 is 28.8 Å². The van der Waals surface area contributed by atoms with E-state index in [0.29, 0.717) is 24.0 Å². The highest BCUT2D eigenvalue weighted by Gasteiger charge is 2.29. The van der Waals surface area contributed by atoms with E-state index in [1.54, 1.807) is 28.4 Å². The van der Waals surface area contributed by atoms with Gasteiger partial charge in [0.15, 0.2) is 11.5 Å². The zero-order valence-corrected chi connectivity index (χ0v) is 18.3. The summed E-state index contributed by atoms with van der Waals surface area (Å²) < 4.78 is 28.6. The lowest BCUT2D eigenvalue weighted by molar-refractivity contribution is 0.266. The normalized spacial score (nSPS) is 13.9. The molecule has 3 rings (SSSR count). The van der Waals surface area contributed by atoms with Crippen molar-refractivity contribution in [2.24, 2.45) is 5.92 Å². The predicted octanol–water partition coefficient (Wildman–Crippen LogP) is 4.18. The standard InChI is InChI=1S/C24H32O6/c1-26-21-19-11-7-16(13-14-30-18-9-5-17(15-25)6-10-18)8-12-20(19)22(27-2)24(29-4)23(21)28-3/h5-6,9-10,16,25H,7-8,11-15H2,1-4H3. The highest BCUT2D eigenvalue weighted by atomic mass is 16.5. The van der Waals surface area contributed by atoms with Crippen LogP contribution in [0.1, 0.15) is 36.0 Å². The Bertz CT molecular complexity index is 788. The van der Waals surface area contributed by atoms with Crippen molar-refractivity contribution in [2.75, 3.05) is 35.0 Å². The van der Waals surface area contributed by atoms with Crippen LogP contribution in [-0.4, -0.2) is 40.2 Å². The average Bonchev–Trinajstić information content (AvgIpc) is 3.00. The minimum absolute atomic E-state index is 0.0470. The van der Waals surface area contributed by atoms with E-state index in [0.717, 1.165) is 66.0 Å². The fourth-order valence-corrected chi connectivity index (χ4v) is 4.25. The molecular formula is C24H32O6. The first-order chi connectivity index (χ1) is 14.7. The van der Waals surface area contributed by atoms with Gasteiger partial charge in [0.1, 0.15) is 5.75 Å². The van der Waals surface area contributed by atoms with Gasteiger partial charge in [-0.1, -0.05) is 12.1 Å². The summed E-state index contributed by atoms with van der Waals surface area (Å²) in [5.41, 5.74) is 3.18. The lowest BCUT2D eigenvalue weighted by Gasteiger charge is -2.21. The molecule has 0 saturated carbocycles. The number of benzene rings is 2. The third-order valence-corrected chi connectivity index (χ3v) is 5.85. The van der Waals surface area contributed by atoms with E-state index in [-0.39, 0.29) is 6.61 Å². The Morgan fingerprint density at radius 3 is 1.70 bits per heavy atom. The molecule has 164 valence electrons. The van der Waals surface area contributed by atoms with Crippen molar-refractivity contribution in [3.05, 3.63) is 41.0 Å². The molecule has 1 N–H and O–H groups in total. The highest BCUT2D eigenvalue weighted by Crippen LogP contribution is 2.51. The zero-order valence-electron chi connectivity index (χ0n) is 18.3. The fourth-order valence-electron chi connectivity index (χ4n) is 4.25. The van der Waals surface area contributed by atoms with Crippen LogP contribution in [0.15, 0.2) is 24.3 Å². The lowest BCUT2D eigenvalue weighted by Crippen LogP contribution is -2.08. The topological polar surface area (TPSA) is 66.4 Å². The SMILES string of the molecule is COc1c2c(c(OC)c(OC)c1OC)CCC(CCOc1ccc(CO)cc1)CC2. The summed E-state index contributed by atoms with van der Waals surface area (Å²) in [6.07, 6.45) is 4.87. The Kier molecular flexibility index (Phi) is 7.69. The Morgan fingerprint density at radius 2 is 1.27 bits per heavy atom. The van der Waals surface area contributed by atoms with E-state index < -0.39 is 0 Å². The van der Waals surface area contributed by atoms with Gasteiger partial charge < -0.3 is 28.8 Å². The molecule has 0 atom stereocenters. The Balaban J connectivity index is 1.71. The van der Waals surface area contributed by atoms with Crippen LogP contribution >= 0.6 is 0 Å². The molecule has 30 heavy (non-hydrogen) atoms. The minimum Gasteiger partial charge on any atom is -0.494 e. The summed E-state index contributed by atoms with van der Waals surface area (Å²) in [6, 6.07) is 7.58. The summed E-state index contributed by atoms with van der Waals surface area (Å²) in [7, 11) is 6.58. The Labute approximate surface area is 178 Å². The van der Waals surface area contributed by atoms with Crippen molar-refractivity contribution in [1.29, 1.82) is 0 Å². The number of ether oxygens (including phenoxy) is 5. The van der Waals surface area contributed by atoms with Gasteiger partial charge in [0, 0.05) is 11.1 Å². The quantitative estimate of drug-likeness (QED) is 0.619. The van der Waals surface area contributed by atoms with Crippen LogP contribution in [0.2, 0.25) is 0 Å². The molecule has 0 aromatic heterocycles. The number of hydrogen-bond donors (Lipinski definition) is 1. The smallest absolute Gasteiger partial charge is 0.207 e. The third kappa shape index (κ3) is 4.59. The molecule has 0 bridgehead atoms. The Hall–Kier alpha value is -2.60. The number of fused-ring (bicyclic) bond motifs is 1. The number of methoxy groups -OCH3 is 4. The molecule has 0 fully saturated rings. The van der Waals surface area contributed by atoms with Gasteiger partial charge in [-0.15, -0.1) is 0 Å². The summed E-state index contributed by atoms with van der Waals surface area (Å²) in [6.45, 7) is 0.714. The molecule has 1 aliphatic rings. The van der Waals surface area contributed by atoms with Crippen LogP contribution in [0, 0.1) is 5.92 Å². The van der Waals surface area contributed by atoms with E-state index in [2.05, 4.69) is 0 Å². The molecule has 1 aliphatic carbocycles. The van der Waals surface area contributed by atoms with Crippen molar-refractivity contribution in [1.82, 2.24) is 0 Å². The van der Waals surface area contributed by atoms with Crippen molar-refractivity contribution in [3.63, 3.8) is 0 Å². The number of rotatable bonds is 9. The average molecular weight is 417 g/mol. The van der Waals surface area contributed by atoms with Crippen LogP contribution in [-0.2, 0) is 19.4 Å². The second-order valence-corrected chi connectivity index (χ2v) is 7.47. The number of hydrogen-bond acceptors (Lipinski definition) is 6. The maximum Gasteiger partial charge on any atom is 0.207 e. The van der Waals surface area contributed by atoms with Crippen LogP contribution in [0.4, 0.5) is 0 Å². The summed E-state index contributed by atoms with van der Waals surface area (Å²) in [5, 5.41) is 9.14. The van der Waals surface area contributed by atoms with Crippen molar-refractivity contribution >= 4 is 0 Å². The highest BCUT2D eigenvalue weighted by molar-refractivity contribution is 5.67. The molecule has 6 nitrogen and oxygen atoms in total. The summed E-state index contributed by atoms with van der Waals surface area (Å²) >= 11 is 0. The molecule has 0 unspecified atom stereocenters. The summed E-state index contributed by atoms with van der Waals surface area (Å²) in [4.78, 5) is 0. The predicted molar refractivity (Wildman–Crippen MR) is 115 cm³/mol. The van der Waals surface area contributed by atoms with Crippen molar-refractivity contribution in [3.8, 4) is 28.7 Å². The molecule has 0 aliphatic heterocycles. The molecule has 0 heterocycles. The maximum atomic E-state index is 9.14. The molecule has 0 spiro atoms. The second-order valence-electron chi connectivity index (χ2n) is 7.47. The van der Waals surface area contributed by atoms with E-state index in [1.807, 2.05) is 24.3 Å². The number of aliphatic hydroxyl groups excluding tert-OH is 1. The minimum atomic E-state index is 0.0470. The molecular weight excluding hydrogens is 384 g/mol. The van der Waals surface area contributed by atoms with Gasteiger partial charge >= 0.3 is 0 Å². The van der Waals surface area contributed by atoms with Gasteiger partial charge in [0.05, 0.1) is 41.7 Å². The first-order valence-electron chi connectivity index (χ1n) is 10.4. The van der Waals surface area contributed by atoms with Crippen LogP contribution < -0.4 is 23.7 Å². The number of aliphatic hydroxyl groups is 1. The Morgan fingerprint density at radius 1 is 0.767 bits per heavy atom. The van der Waals surface area contributed by atoms with Crippen molar-refractivity contribution in [2.45, 2.75) is 38.7 Å². The maximum absolute atomic E-state index is 9.14. The van der Waals surface area contributed by atoms with Crippen LogP contribution in [0.5, 0.6) is 28.7 Å². The first-order valence-corrected chi connectivity index (χ1v) is 10.4. The molecule has 0 radical (unpaired) electrons. The molecule has 2 aromatic rings. The second kappa shape index (κ2) is 10.4. The molecule has 0 saturated heterocycles. The van der Waals surface area contributed by atoms with Crippen LogP contribution in [0.25, 0.3) is 0 Å². The van der Waals surface area contributed by atoms with E-state index >= 15 is 0 Å². The van der Waals surface area contributed by atoms with Gasteiger partial charge in [-0.05, 0) is 55.7 Å². The van der Waals surface area contributed by atoms with E-state index in [1.165, 1.54) is 0 Å². The first kappa shape index (κ1) is 22.1. The van der Waals surface area contributed by atoms with Gasteiger partial charge in [-0.2, -0.15) is 0 Å². The van der Waals surface area contributed by atoms with Gasteiger partial charge in [-0.25, -0.2) is 0 Å².